The fraction of sp³-hybridized carbons (Fsp3) is 0.333. The second-order valence-corrected chi connectivity index (χ2v) is 6.28. The standard InChI is InChI=1S/C21H24N2O4/c1-2-12-27-17-7-5-6-16(15-17)20(24)22-19-9-4-3-8-18(19)21(25)23-10-13-26-14-11-23/h3-9,15H,2,10-14H2,1H3,(H,22,24). The highest BCUT2D eigenvalue weighted by atomic mass is 16.5. The lowest BCUT2D eigenvalue weighted by Gasteiger charge is -2.27. The predicted molar refractivity (Wildman–Crippen MR) is 103 cm³/mol. The van der Waals surface area contributed by atoms with E-state index in [1.807, 2.05) is 13.0 Å². The third-order valence-electron chi connectivity index (χ3n) is 4.27. The summed E-state index contributed by atoms with van der Waals surface area (Å²) in [5.41, 5.74) is 1.46. The molecular formula is C21H24N2O4. The first kappa shape index (κ1) is 18.9. The number of hydrogen-bond acceptors (Lipinski definition) is 4. The second kappa shape index (κ2) is 9.19. The Bertz CT molecular complexity index is 800. The molecule has 1 N–H and O–H groups in total. The number of nitrogens with zero attached hydrogens (tertiary/aromatic N) is 1. The van der Waals surface area contributed by atoms with Gasteiger partial charge in [0.25, 0.3) is 11.8 Å². The van der Waals surface area contributed by atoms with Gasteiger partial charge in [-0.25, -0.2) is 0 Å². The van der Waals surface area contributed by atoms with Crippen LogP contribution in [-0.2, 0) is 4.74 Å². The molecule has 6 heteroatoms. The molecule has 1 heterocycles. The fourth-order valence-corrected chi connectivity index (χ4v) is 2.86. The minimum absolute atomic E-state index is 0.103. The number of anilines is 1. The minimum atomic E-state index is -0.279. The van der Waals surface area contributed by atoms with Gasteiger partial charge in [0.05, 0.1) is 31.1 Å². The van der Waals surface area contributed by atoms with Crippen LogP contribution in [0.25, 0.3) is 0 Å². The van der Waals surface area contributed by atoms with Crippen LogP contribution in [-0.4, -0.2) is 49.6 Å². The van der Waals surface area contributed by atoms with Gasteiger partial charge in [-0.15, -0.1) is 0 Å². The first-order chi connectivity index (χ1) is 13.2. The number of amides is 2. The van der Waals surface area contributed by atoms with Gasteiger partial charge in [-0.05, 0) is 36.8 Å². The second-order valence-electron chi connectivity index (χ2n) is 6.28. The number of nitrogens with one attached hydrogen (secondary N) is 1. The first-order valence-corrected chi connectivity index (χ1v) is 9.19. The van der Waals surface area contributed by atoms with Gasteiger partial charge in [0.1, 0.15) is 5.75 Å². The summed E-state index contributed by atoms with van der Waals surface area (Å²) in [6.07, 6.45) is 0.896. The van der Waals surface area contributed by atoms with E-state index in [9.17, 15) is 9.59 Å². The minimum Gasteiger partial charge on any atom is -0.494 e. The van der Waals surface area contributed by atoms with Gasteiger partial charge >= 0.3 is 0 Å². The Labute approximate surface area is 159 Å². The Hall–Kier alpha value is -2.86. The predicted octanol–water partition coefficient (Wildman–Crippen LogP) is 3.20. The van der Waals surface area contributed by atoms with Crippen molar-refractivity contribution in [3.8, 4) is 5.75 Å². The molecule has 27 heavy (non-hydrogen) atoms. The van der Waals surface area contributed by atoms with Crippen LogP contribution in [0.1, 0.15) is 34.1 Å². The van der Waals surface area contributed by atoms with Crippen molar-refractivity contribution in [1.29, 1.82) is 0 Å². The molecule has 0 aromatic heterocycles. The molecule has 0 saturated carbocycles. The molecule has 0 bridgehead atoms. The van der Waals surface area contributed by atoms with Gasteiger partial charge in [-0.1, -0.05) is 25.1 Å². The topological polar surface area (TPSA) is 67.9 Å². The van der Waals surface area contributed by atoms with Crippen LogP contribution in [0.5, 0.6) is 5.75 Å². The Morgan fingerprint density at radius 3 is 2.67 bits per heavy atom. The first-order valence-electron chi connectivity index (χ1n) is 9.19. The Morgan fingerprint density at radius 1 is 1.11 bits per heavy atom. The van der Waals surface area contributed by atoms with E-state index in [1.165, 1.54) is 0 Å². The van der Waals surface area contributed by atoms with Crippen LogP contribution in [0.2, 0.25) is 0 Å². The highest BCUT2D eigenvalue weighted by Crippen LogP contribution is 2.20. The molecule has 0 aliphatic carbocycles. The van der Waals surface area contributed by atoms with Gasteiger partial charge in [0.15, 0.2) is 0 Å². The van der Waals surface area contributed by atoms with E-state index < -0.39 is 0 Å². The van der Waals surface area contributed by atoms with Gasteiger partial charge in [-0.3, -0.25) is 9.59 Å². The maximum Gasteiger partial charge on any atom is 0.256 e. The summed E-state index contributed by atoms with van der Waals surface area (Å²) in [6.45, 7) is 4.80. The van der Waals surface area contributed by atoms with Gasteiger partial charge in [0, 0.05) is 18.7 Å². The molecule has 0 atom stereocenters. The zero-order valence-electron chi connectivity index (χ0n) is 15.4. The molecule has 1 aliphatic rings. The maximum atomic E-state index is 12.8. The van der Waals surface area contributed by atoms with Gasteiger partial charge < -0.3 is 19.7 Å². The molecule has 1 aliphatic heterocycles. The molecule has 0 unspecified atom stereocenters. The van der Waals surface area contributed by atoms with E-state index >= 15 is 0 Å². The average molecular weight is 368 g/mol. The largest absolute Gasteiger partial charge is 0.494 e. The summed E-state index contributed by atoms with van der Waals surface area (Å²) in [5.74, 6) is 0.274. The van der Waals surface area contributed by atoms with Crippen LogP contribution >= 0.6 is 0 Å². The molecule has 2 amide bonds. The summed E-state index contributed by atoms with van der Waals surface area (Å²) >= 11 is 0. The van der Waals surface area contributed by atoms with Crippen molar-refractivity contribution >= 4 is 17.5 Å². The lowest BCUT2D eigenvalue weighted by atomic mass is 10.1. The van der Waals surface area contributed by atoms with Gasteiger partial charge in [0.2, 0.25) is 0 Å². The van der Waals surface area contributed by atoms with Crippen molar-refractivity contribution < 1.29 is 19.1 Å². The number of carbonyl (C=O) groups is 2. The van der Waals surface area contributed by atoms with E-state index in [1.54, 1.807) is 47.4 Å². The number of hydrogen-bond donors (Lipinski definition) is 1. The van der Waals surface area contributed by atoms with E-state index in [0.717, 1.165) is 6.42 Å². The number of para-hydroxylation sites is 1. The number of rotatable bonds is 6. The SMILES string of the molecule is CCCOc1cccc(C(=O)Nc2ccccc2C(=O)N2CCOCC2)c1. The number of morpholine rings is 1. The van der Waals surface area contributed by atoms with Crippen LogP contribution < -0.4 is 10.1 Å². The number of carbonyl (C=O) groups excluding carboxylic acids is 2. The summed E-state index contributed by atoms with van der Waals surface area (Å²) in [5, 5.41) is 2.86. The zero-order chi connectivity index (χ0) is 19.1. The third-order valence-corrected chi connectivity index (χ3v) is 4.27. The Balaban J connectivity index is 1.75. The smallest absolute Gasteiger partial charge is 0.256 e. The maximum absolute atomic E-state index is 12.8. The molecule has 0 spiro atoms. The fourth-order valence-electron chi connectivity index (χ4n) is 2.86. The third kappa shape index (κ3) is 4.86. The van der Waals surface area contributed by atoms with Crippen molar-refractivity contribution in [2.75, 3.05) is 38.2 Å². The summed E-state index contributed by atoms with van der Waals surface area (Å²) in [7, 11) is 0. The average Bonchev–Trinajstić information content (AvgIpc) is 2.73. The van der Waals surface area contributed by atoms with Crippen molar-refractivity contribution in [1.82, 2.24) is 4.90 Å². The molecule has 1 saturated heterocycles. The zero-order valence-corrected chi connectivity index (χ0v) is 15.4. The lowest BCUT2D eigenvalue weighted by molar-refractivity contribution is 0.0303. The summed E-state index contributed by atoms with van der Waals surface area (Å²) < 4.78 is 10.9. The summed E-state index contributed by atoms with van der Waals surface area (Å²) in [6, 6.07) is 14.1. The summed E-state index contributed by atoms with van der Waals surface area (Å²) in [4.78, 5) is 27.2. The van der Waals surface area contributed by atoms with E-state index in [2.05, 4.69) is 5.32 Å². The van der Waals surface area contributed by atoms with Crippen molar-refractivity contribution in [3.05, 3.63) is 59.7 Å². The Morgan fingerprint density at radius 2 is 1.89 bits per heavy atom. The molecular weight excluding hydrogens is 344 g/mol. The molecule has 6 nitrogen and oxygen atoms in total. The van der Waals surface area contributed by atoms with Crippen LogP contribution in [0.4, 0.5) is 5.69 Å². The quantitative estimate of drug-likeness (QED) is 0.850. The van der Waals surface area contributed by atoms with Crippen LogP contribution in [0.3, 0.4) is 0 Å². The number of ether oxygens (including phenoxy) is 2. The lowest BCUT2D eigenvalue weighted by Crippen LogP contribution is -2.41. The molecule has 0 radical (unpaired) electrons. The highest BCUT2D eigenvalue weighted by molar-refractivity contribution is 6.09. The van der Waals surface area contributed by atoms with Crippen molar-refractivity contribution in [2.24, 2.45) is 0 Å². The number of benzene rings is 2. The van der Waals surface area contributed by atoms with Crippen molar-refractivity contribution in [3.63, 3.8) is 0 Å². The van der Waals surface area contributed by atoms with E-state index in [0.29, 0.717) is 55.5 Å². The normalized spacial score (nSPS) is 13.9. The van der Waals surface area contributed by atoms with Gasteiger partial charge in [-0.2, -0.15) is 0 Å². The van der Waals surface area contributed by atoms with Crippen LogP contribution in [0, 0.1) is 0 Å². The van der Waals surface area contributed by atoms with Crippen molar-refractivity contribution in [2.45, 2.75) is 13.3 Å². The van der Waals surface area contributed by atoms with E-state index in [4.69, 9.17) is 9.47 Å². The Kier molecular flexibility index (Phi) is 6.44. The molecule has 142 valence electrons. The molecule has 3 rings (SSSR count). The van der Waals surface area contributed by atoms with Crippen LogP contribution in [0.15, 0.2) is 48.5 Å². The molecule has 1 fully saturated rings. The molecule has 2 aromatic rings. The van der Waals surface area contributed by atoms with E-state index in [-0.39, 0.29) is 11.8 Å². The highest BCUT2D eigenvalue weighted by Gasteiger charge is 2.21. The monoisotopic (exact) mass is 368 g/mol. The molecule has 2 aromatic carbocycles.